The summed E-state index contributed by atoms with van der Waals surface area (Å²) >= 11 is 6.04. The molecule has 0 radical (unpaired) electrons. The van der Waals surface area contributed by atoms with Gasteiger partial charge in [0.2, 0.25) is 0 Å². The maximum absolute atomic E-state index is 6.04. The van der Waals surface area contributed by atoms with Gasteiger partial charge >= 0.3 is 0 Å². The van der Waals surface area contributed by atoms with E-state index in [-0.39, 0.29) is 0 Å². The van der Waals surface area contributed by atoms with Crippen LogP contribution in [0.5, 0.6) is 0 Å². The molecule has 0 atom stereocenters. The minimum absolute atomic E-state index is 0.743. The van der Waals surface area contributed by atoms with Crippen LogP contribution in [-0.4, -0.2) is 45.9 Å². The van der Waals surface area contributed by atoms with Crippen LogP contribution in [0.2, 0.25) is 5.02 Å². The number of benzene rings is 2. The average molecular weight is 341 g/mol. The molecule has 2 aromatic carbocycles. The fraction of sp³-hybridized carbons (Fsp3) is 0.316. The molecule has 124 valence electrons. The van der Waals surface area contributed by atoms with Gasteiger partial charge in [0.1, 0.15) is 5.82 Å². The Morgan fingerprint density at radius 3 is 2.38 bits per heavy atom. The van der Waals surface area contributed by atoms with Crippen molar-refractivity contribution in [1.82, 2.24) is 19.8 Å². The summed E-state index contributed by atoms with van der Waals surface area (Å²) in [5.41, 5.74) is 3.39. The monoisotopic (exact) mass is 340 g/mol. The number of nitrogens with one attached hydrogen (secondary N) is 1. The molecule has 1 saturated heterocycles. The molecule has 2 heterocycles. The zero-order valence-electron chi connectivity index (χ0n) is 13.6. The Morgan fingerprint density at radius 2 is 1.62 bits per heavy atom. The van der Waals surface area contributed by atoms with Gasteiger partial charge in [0, 0.05) is 37.7 Å². The Bertz CT molecular complexity index is 807. The van der Waals surface area contributed by atoms with Crippen LogP contribution in [0.4, 0.5) is 0 Å². The lowest BCUT2D eigenvalue weighted by Gasteiger charge is -2.34. The van der Waals surface area contributed by atoms with Gasteiger partial charge in [-0.3, -0.25) is 9.80 Å². The van der Waals surface area contributed by atoms with Crippen LogP contribution in [0.25, 0.3) is 11.0 Å². The second kappa shape index (κ2) is 6.93. The maximum Gasteiger partial charge on any atom is 0.121 e. The van der Waals surface area contributed by atoms with Crippen molar-refractivity contribution in [3.8, 4) is 0 Å². The normalized spacial score (nSPS) is 16.7. The fourth-order valence-corrected chi connectivity index (χ4v) is 3.44. The van der Waals surface area contributed by atoms with Gasteiger partial charge in [0.15, 0.2) is 0 Å². The average Bonchev–Trinajstić information content (AvgIpc) is 2.99. The van der Waals surface area contributed by atoms with E-state index in [1.165, 1.54) is 5.56 Å². The third-order valence-corrected chi connectivity index (χ3v) is 4.82. The van der Waals surface area contributed by atoms with Crippen LogP contribution in [-0.2, 0) is 13.1 Å². The number of aromatic amines is 1. The van der Waals surface area contributed by atoms with Gasteiger partial charge in [-0.1, -0.05) is 41.9 Å². The second-order valence-electron chi connectivity index (χ2n) is 6.38. The third kappa shape index (κ3) is 3.61. The second-order valence-corrected chi connectivity index (χ2v) is 6.82. The molecule has 0 amide bonds. The number of hydrogen-bond donors (Lipinski definition) is 1. The summed E-state index contributed by atoms with van der Waals surface area (Å²) in [5, 5.41) is 0.743. The molecule has 24 heavy (non-hydrogen) atoms. The highest BCUT2D eigenvalue weighted by atomic mass is 35.5. The number of halogens is 1. The van der Waals surface area contributed by atoms with Crippen molar-refractivity contribution < 1.29 is 0 Å². The zero-order chi connectivity index (χ0) is 16.4. The lowest BCUT2D eigenvalue weighted by molar-refractivity contribution is 0.120. The number of imidazole rings is 1. The standard InChI is InChI=1S/C19H21ClN4/c20-16-6-7-17-18(12-16)22-19(21-17)14-24-10-8-23(9-11-24)13-15-4-2-1-3-5-15/h1-7,12H,8-11,13-14H2,(H,21,22). The van der Waals surface area contributed by atoms with E-state index >= 15 is 0 Å². The van der Waals surface area contributed by atoms with Gasteiger partial charge in [0.05, 0.1) is 17.6 Å². The first-order chi connectivity index (χ1) is 11.8. The first-order valence-electron chi connectivity index (χ1n) is 8.39. The number of nitrogens with zero attached hydrogens (tertiary/aromatic N) is 3. The highest BCUT2D eigenvalue weighted by Gasteiger charge is 2.18. The van der Waals surface area contributed by atoms with Gasteiger partial charge in [0.25, 0.3) is 0 Å². The van der Waals surface area contributed by atoms with Gasteiger partial charge < -0.3 is 4.98 Å². The Kier molecular flexibility index (Phi) is 4.52. The maximum atomic E-state index is 6.04. The van der Waals surface area contributed by atoms with Crippen LogP contribution in [0, 0.1) is 0 Å². The number of fused-ring (bicyclic) bond motifs is 1. The van der Waals surface area contributed by atoms with Gasteiger partial charge in [-0.15, -0.1) is 0 Å². The predicted octanol–water partition coefficient (Wildman–Crippen LogP) is 3.53. The van der Waals surface area contributed by atoms with E-state index in [1.807, 2.05) is 18.2 Å². The molecular formula is C19H21ClN4. The van der Waals surface area contributed by atoms with E-state index in [0.717, 1.165) is 61.1 Å². The third-order valence-electron chi connectivity index (χ3n) is 4.58. The molecule has 1 fully saturated rings. The molecule has 5 heteroatoms. The molecule has 4 nitrogen and oxygen atoms in total. The highest BCUT2D eigenvalue weighted by molar-refractivity contribution is 6.31. The van der Waals surface area contributed by atoms with Crippen LogP contribution < -0.4 is 0 Å². The fourth-order valence-electron chi connectivity index (χ4n) is 3.27. The number of H-pyrrole nitrogens is 1. The van der Waals surface area contributed by atoms with Crippen molar-refractivity contribution in [2.45, 2.75) is 13.1 Å². The smallest absolute Gasteiger partial charge is 0.121 e. The quantitative estimate of drug-likeness (QED) is 0.789. The summed E-state index contributed by atoms with van der Waals surface area (Å²) in [4.78, 5) is 13.0. The minimum Gasteiger partial charge on any atom is -0.341 e. The van der Waals surface area contributed by atoms with E-state index in [4.69, 9.17) is 11.6 Å². The highest BCUT2D eigenvalue weighted by Crippen LogP contribution is 2.18. The van der Waals surface area contributed by atoms with Crippen molar-refractivity contribution in [3.05, 3.63) is 64.9 Å². The van der Waals surface area contributed by atoms with Crippen molar-refractivity contribution in [3.63, 3.8) is 0 Å². The number of piperazine rings is 1. The molecule has 0 unspecified atom stereocenters. The van der Waals surface area contributed by atoms with Gasteiger partial charge in [-0.05, 0) is 23.8 Å². The summed E-state index contributed by atoms with van der Waals surface area (Å²) < 4.78 is 0. The van der Waals surface area contributed by atoms with Crippen LogP contribution in [0.15, 0.2) is 48.5 Å². The van der Waals surface area contributed by atoms with E-state index < -0.39 is 0 Å². The van der Waals surface area contributed by atoms with Crippen molar-refractivity contribution in [1.29, 1.82) is 0 Å². The Balaban J connectivity index is 1.34. The minimum atomic E-state index is 0.743. The lowest BCUT2D eigenvalue weighted by Crippen LogP contribution is -2.45. The molecule has 0 spiro atoms. The molecule has 3 aromatic rings. The van der Waals surface area contributed by atoms with Crippen molar-refractivity contribution in [2.75, 3.05) is 26.2 Å². The molecule has 1 aliphatic heterocycles. The molecule has 1 aliphatic rings. The summed E-state index contributed by atoms with van der Waals surface area (Å²) in [6, 6.07) is 16.5. The van der Waals surface area contributed by atoms with Crippen molar-refractivity contribution >= 4 is 22.6 Å². The van der Waals surface area contributed by atoms with E-state index in [2.05, 4.69) is 50.1 Å². The summed E-state index contributed by atoms with van der Waals surface area (Å²) in [5.74, 6) is 1.02. The molecule has 0 saturated carbocycles. The first kappa shape index (κ1) is 15.6. The predicted molar refractivity (Wildman–Crippen MR) is 98.1 cm³/mol. The van der Waals surface area contributed by atoms with Gasteiger partial charge in [-0.2, -0.15) is 0 Å². The Morgan fingerprint density at radius 1 is 0.917 bits per heavy atom. The topological polar surface area (TPSA) is 35.2 Å². The van der Waals surface area contributed by atoms with E-state index in [9.17, 15) is 0 Å². The Labute approximate surface area is 147 Å². The molecule has 4 rings (SSSR count). The summed E-state index contributed by atoms with van der Waals surface area (Å²) in [6.07, 6.45) is 0. The number of rotatable bonds is 4. The van der Waals surface area contributed by atoms with Crippen molar-refractivity contribution in [2.24, 2.45) is 0 Å². The number of hydrogen-bond acceptors (Lipinski definition) is 3. The summed E-state index contributed by atoms with van der Waals surface area (Å²) in [6.45, 7) is 6.25. The molecule has 1 N–H and O–H groups in total. The lowest BCUT2D eigenvalue weighted by atomic mass is 10.2. The Hall–Kier alpha value is -1.88. The first-order valence-corrected chi connectivity index (χ1v) is 8.77. The molecule has 0 bridgehead atoms. The largest absolute Gasteiger partial charge is 0.341 e. The molecule has 0 aliphatic carbocycles. The van der Waals surface area contributed by atoms with Crippen LogP contribution >= 0.6 is 11.6 Å². The van der Waals surface area contributed by atoms with E-state index in [1.54, 1.807) is 0 Å². The zero-order valence-corrected chi connectivity index (χ0v) is 14.3. The van der Waals surface area contributed by atoms with Crippen LogP contribution in [0.1, 0.15) is 11.4 Å². The van der Waals surface area contributed by atoms with Crippen LogP contribution in [0.3, 0.4) is 0 Å². The number of aromatic nitrogens is 2. The van der Waals surface area contributed by atoms with E-state index in [0.29, 0.717) is 0 Å². The SMILES string of the molecule is Clc1ccc2nc(CN3CCN(Cc4ccccc4)CC3)[nH]c2c1. The van der Waals surface area contributed by atoms with Gasteiger partial charge in [-0.25, -0.2) is 4.98 Å². The molecular weight excluding hydrogens is 320 g/mol. The summed E-state index contributed by atoms with van der Waals surface area (Å²) in [7, 11) is 0. The molecule has 1 aromatic heterocycles.